The van der Waals surface area contributed by atoms with E-state index in [9.17, 15) is 25.0 Å². The van der Waals surface area contributed by atoms with Gasteiger partial charge in [0.15, 0.2) is 0 Å². The van der Waals surface area contributed by atoms with E-state index in [1.165, 1.54) is 24.7 Å². The van der Waals surface area contributed by atoms with Crippen molar-refractivity contribution in [1.29, 1.82) is 0 Å². The highest BCUT2D eigenvalue weighted by Crippen LogP contribution is 2.32. The Morgan fingerprint density at radius 1 is 1.04 bits per heavy atom. The van der Waals surface area contributed by atoms with Crippen LogP contribution in [0.4, 0.5) is 17.1 Å². The van der Waals surface area contributed by atoms with E-state index in [-0.39, 0.29) is 17.3 Å². The fourth-order valence-corrected chi connectivity index (χ4v) is 2.76. The zero-order valence-corrected chi connectivity index (χ0v) is 13.0. The third kappa shape index (κ3) is 3.27. The van der Waals surface area contributed by atoms with Crippen LogP contribution in [0.3, 0.4) is 0 Å². The maximum atomic E-state index is 12.3. The average molecular weight is 346 g/mol. The van der Waals surface area contributed by atoms with Crippen molar-refractivity contribution in [2.75, 3.05) is 31.1 Å². The number of nitro benzene ring substituents is 2. The number of hydrogen-bond acceptors (Lipinski definition) is 7. The van der Waals surface area contributed by atoms with Gasteiger partial charge in [-0.3, -0.25) is 25.0 Å². The summed E-state index contributed by atoms with van der Waals surface area (Å²) in [5, 5.41) is 22.1. The molecule has 0 bridgehead atoms. The maximum absolute atomic E-state index is 12.3. The van der Waals surface area contributed by atoms with Gasteiger partial charge in [0, 0.05) is 32.2 Å². The molecule has 1 amide bonds. The number of amides is 1. The highest BCUT2D eigenvalue weighted by atomic mass is 16.6. The number of piperazine rings is 1. The van der Waals surface area contributed by atoms with E-state index in [1.807, 2.05) is 0 Å². The van der Waals surface area contributed by atoms with Gasteiger partial charge in [0.05, 0.1) is 27.7 Å². The number of rotatable bonds is 4. The zero-order chi connectivity index (χ0) is 18.0. The first kappa shape index (κ1) is 16.4. The molecule has 1 aromatic heterocycles. The van der Waals surface area contributed by atoms with Gasteiger partial charge in [0.2, 0.25) is 0 Å². The lowest BCUT2D eigenvalue weighted by Crippen LogP contribution is -2.48. The van der Waals surface area contributed by atoms with Gasteiger partial charge in [-0.1, -0.05) is 0 Å². The third-order valence-electron chi connectivity index (χ3n) is 4.04. The van der Waals surface area contributed by atoms with E-state index in [0.29, 0.717) is 37.4 Å². The highest BCUT2D eigenvalue weighted by molar-refractivity contribution is 5.94. The van der Waals surface area contributed by atoms with Gasteiger partial charge in [0.25, 0.3) is 17.3 Å². The van der Waals surface area contributed by atoms with Crippen LogP contribution in [0.1, 0.15) is 10.4 Å². The molecule has 0 radical (unpaired) electrons. The monoisotopic (exact) mass is 346 g/mol. The summed E-state index contributed by atoms with van der Waals surface area (Å²) in [5.41, 5.74) is 0.119. The number of nitro groups is 2. The van der Waals surface area contributed by atoms with Crippen LogP contribution in [0.25, 0.3) is 0 Å². The first-order valence-corrected chi connectivity index (χ1v) is 7.46. The van der Waals surface area contributed by atoms with Crippen molar-refractivity contribution in [2.24, 2.45) is 0 Å². The van der Waals surface area contributed by atoms with Gasteiger partial charge in [0.1, 0.15) is 12.0 Å². The first-order valence-electron chi connectivity index (χ1n) is 7.46. The number of nitrogens with zero attached hydrogens (tertiary/aromatic N) is 4. The van der Waals surface area contributed by atoms with Crippen LogP contribution in [0, 0.1) is 20.2 Å². The minimum absolute atomic E-state index is 0.161. The molecular formula is C15H14N4O6. The molecule has 10 heteroatoms. The van der Waals surface area contributed by atoms with Crippen LogP contribution in [0.2, 0.25) is 0 Å². The number of furan rings is 1. The largest absolute Gasteiger partial charge is 0.472 e. The normalized spacial score (nSPS) is 14.4. The maximum Gasteiger partial charge on any atom is 0.299 e. The van der Waals surface area contributed by atoms with E-state index in [2.05, 4.69) is 0 Å². The number of carbonyl (C=O) groups excluding carboxylic acids is 1. The van der Waals surface area contributed by atoms with Crippen molar-refractivity contribution in [1.82, 2.24) is 4.90 Å². The Kier molecular flexibility index (Phi) is 4.33. The molecule has 0 spiro atoms. The topological polar surface area (TPSA) is 123 Å². The van der Waals surface area contributed by atoms with Crippen LogP contribution >= 0.6 is 0 Å². The van der Waals surface area contributed by atoms with E-state index >= 15 is 0 Å². The molecule has 1 saturated heterocycles. The van der Waals surface area contributed by atoms with Crippen LogP contribution in [0.5, 0.6) is 0 Å². The Morgan fingerprint density at radius 2 is 1.76 bits per heavy atom. The summed E-state index contributed by atoms with van der Waals surface area (Å²) < 4.78 is 4.90. The lowest BCUT2D eigenvalue weighted by Gasteiger charge is -2.35. The van der Waals surface area contributed by atoms with E-state index < -0.39 is 9.85 Å². The Labute approximate surface area is 141 Å². The molecule has 3 rings (SSSR count). The molecule has 0 atom stereocenters. The Balaban J connectivity index is 1.75. The van der Waals surface area contributed by atoms with Crippen LogP contribution in [-0.2, 0) is 0 Å². The van der Waals surface area contributed by atoms with Crippen molar-refractivity contribution < 1.29 is 19.1 Å². The SMILES string of the molecule is O=C(c1ccoc1)N1CCN(c2ccc([N+](=O)[O-])cc2[N+](=O)[O-])CC1. The highest BCUT2D eigenvalue weighted by Gasteiger charge is 2.28. The minimum Gasteiger partial charge on any atom is -0.472 e. The van der Waals surface area contributed by atoms with Crippen molar-refractivity contribution >= 4 is 23.0 Å². The summed E-state index contributed by atoms with van der Waals surface area (Å²) in [7, 11) is 0. The molecule has 1 aliphatic heterocycles. The first-order chi connectivity index (χ1) is 12.0. The molecule has 0 N–H and O–H groups in total. The molecule has 2 aromatic rings. The summed E-state index contributed by atoms with van der Waals surface area (Å²) >= 11 is 0. The molecule has 1 fully saturated rings. The summed E-state index contributed by atoms with van der Waals surface area (Å²) in [6.07, 6.45) is 2.79. The van der Waals surface area contributed by atoms with Gasteiger partial charge in [-0.2, -0.15) is 0 Å². The predicted octanol–water partition coefficient (Wildman–Crippen LogP) is 2.06. The minimum atomic E-state index is -0.668. The Hall–Kier alpha value is -3.43. The number of carbonyl (C=O) groups is 1. The lowest BCUT2D eigenvalue weighted by molar-refractivity contribution is -0.393. The Morgan fingerprint density at radius 3 is 2.32 bits per heavy atom. The van der Waals surface area contributed by atoms with Gasteiger partial charge in [-0.25, -0.2) is 0 Å². The number of hydrogen-bond donors (Lipinski definition) is 0. The van der Waals surface area contributed by atoms with E-state index in [0.717, 1.165) is 6.07 Å². The Bertz CT molecular complexity index is 811. The third-order valence-corrected chi connectivity index (χ3v) is 4.04. The molecule has 0 unspecified atom stereocenters. The molecule has 1 aliphatic rings. The van der Waals surface area contributed by atoms with Crippen molar-refractivity contribution in [3.8, 4) is 0 Å². The van der Waals surface area contributed by atoms with Crippen molar-refractivity contribution in [3.63, 3.8) is 0 Å². The summed E-state index contributed by atoms with van der Waals surface area (Å²) in [5.74, 6) is -0.161. The van der Waals surface area contributed by atoms with Crippen molar-refractivity contribution in [2.45, 2.75) is 0 Å². The molecule has 10 nitrogen and oxygen atoms in total. The number of benzene rings is 1. The second kappa shape index (κ2) is 6.59. The molecular weight excluding hydrogens is 332 g/mol. The molecule has 130 valence electrons. The average Bonchev–Trinajstić information content (AvgIpc) is 3.15. The molecule has 0 saturated carbocycles. The van der Waals surface area contributed by atoms with Crippen LogP contribution in [0.15, 0.2) is 41.2 Å². The second-order valence-corrected chi connectivity index (χ2v) is 5.48. The second-order valence-electron chi connectivity index (χ2n) is 5.48. The number of anilines is 1. The molecule has 2 heterocycles. The smallest absolute Gasteiger partial charge is 0.299 e. The van der Waals surface area contributed by atoms with Gasteiger partial charge < -0.3 is 14.2 Å². The summed E-state index contributed by atoms with van der Waals surface area (Å²) in [6.45, 7) is 1.56. The quantitative estimate of drug-likeness (QED) is 0.613. The van der Waals surface area contributed by atoms with E-state index in [4.69, 9.17) is 4.42 Å². The molecule has 0 aliphatic carbocycles. The van der Waals surface area contributed by atoms with Crippen molar-refractivity contribution in [3.05, 3.63) is 62.6 Å². The lowest BCUT2D eigenvalue weighted by atomic mass is 10.2. The fraction of sp³-hybridized carbons (Fsp3) is 0.267. The predicted molar refractivity (Wildman–Crippen MR) is 86.6 cm³/mol. The summed E-state index contributed by atoms with van der Waals surface area (Å²) in [6, 6.07) is 5.16. The van der Waals surface area contributed by atoms with E-state index in [1.54, 1.807) is 15.9 Å². The van der Waals surface area contributed by atoms with Crippen LogP contribution < -0.4 is 4.90 Å². The standard InChI is InChI=1S/C15H14N4O6/c20-15(11-3-8-25-10-11)17-6-4-16(5-7-17)13-2-1-12(18(21)22)9-14(13)19(23)24/h1-3,8-10H,4-7H2. The van der Waals surface area contributed by atoms with Gasteiger partial charge in [-0.15, -0.1) is 0 Å². The van der Waals surface area contributed by atoms with Gasteiger partial charge >= 0.3 is 0 Å². The molecule has 25 heavy (non-hydrogen) atoms. The van der Waals surface area contributed by atoms with Gasteiger partial charge in [-0.05, 0) is 12.1 Å². The zero-order valence-electron chi connectivity index (χ0n) is 13.0. The molecule has 1 aromatic carbocycles. The summed E-state index contributed by atoms with van der Waals surface area (Å²) in [4.78, 5) is 36.4. The number of non-ortho nitro benzene ring substituents is 1. The van der Waals surface area contributed by atoms with Crippen LogP contribution in [-0.4, -0.2) is 46.8 Å². The fourth-order valence-electron chi connectivity index (χ4n) is 2.76.